The van der Waals surface area contributed by atoms with Crippen LogP contribution in [0.5, 0.6) is 0 Å². The molecule has 0 aromatic carbocycles. The molecule has 0 amide bonds. The van der Waals surface area contributed by atoms with Gasteiger partial charge in [0.05, 0.1) is 0 Å². The van der Waals surface area contributed by atoms with Crippen LogP contribution in [0.3, 0.4) is 0 Å². The average Bonchev–Trinajstić information content (AvgIpc) is 1.88. The van der Waals surface area contributed by atoms with E-state index in [0.29, 0.717) is 0 Å². The molecule has 0 saturated heterocycles. The Kier molecular flexibility index (Phi) is 1.67. The summed E-state index contributed by atoms with van der Waals surface area (Å²) in [4.78, 5) is 3.17. The van der Waals surface area contributed by atoms with Crippen molar-refractivity contribution in [1.82, 2.24) is 4.98 Å². The van der Waals surface area contributed by atoms with Crippen LogP contribution in [0, 0.1) is 0 Å². The van der Waals surface area contributed by atoms with Crippen molar-refractivity contribution in [2.24, 2.45) is 0 Å². The highest BCUT2D eigenvalue weighted by Crippen LogP contribution is 2.08. The third-order valence-electron chi connectivity index (χ3n) is 0.931. The van der Waals surface area contributed by atoms with Crippen molar-refractivity contribution in [1.29, 1.82) is 0 Å². The quantitative estimate of drug-likeness (QED) is 0.571. The van der Waals surface area contributed by atoms with Gasteiger partial charge in [-0.05, 0) is 12.1 Å². The van der Waals surface area contributed by atoms with Crippen molar-refractivity contribution < 1.29 is 12.3 Å². The summed E-state index contributed by atoms with van der Waals surface area (Å²) in [6.07, 6.45) is 2.43. The van der Waals surface area contributed by atoms with E-state index in [4.69, 9.17) is 0 Å². The smallest absolute Gasteiger partial charge is 0.265 e. The fraction of sp³-hybridized carbons (Fsp3) is 0. The first-order valence-electron chi connectivity index (χ1n) is 2.45. The van der Waals surface area contributed by atoms with Crippen LogP contribution < -0.4 is 0 Å². The lowest BCUT2D eigenvalue weighted by Gasteiger charge is -1.89. The van der Waals surface area contributed by atoms with Gasteiger partial charge in [-0.15, -0.1) is 3.89 Å². The van der Waals surface area contributed by atoms with Crippen LogP contribution in [-0.2, 0) is 10.2 Å². The molecule has 0 atom stereocenters. The number of nitrogens with zero attached hydrogens (tertiary/aromatic N) is 1. The van der Waals surface area contributed by atoms with Gasteiger partial charge in [0.15, 0.2) is 0 Å². The molecule has 0 aliphatic heterocycles. The second-order valence-electron chi connectivity index (χ2n) is 1.62. The Morgan fingerprint density at radius 3 is 2.10 bits per heavy atom. The van der Waals surface area contributed by atoms with Gasteiger partial charge in [0.1, 0.15) is 4.90 Å². The van der Waals surface area contributed by atoms with Crippen molar-refractivity contribution in [3.8, 4) is 0 Å². The van der Waals surface area contributed by atoms with Gasteiger partial charge < -0.3 is 0 Å². The highest BCUT2D eigenvalue weighted by molar-refractivity contribution is 7.86. The lowest BCUT2D eigenvalue weighted by atomic mass is 10.5. The number of hydrogen-bond donors (Lipinski definition) is 0. The van der Waals surface area contributed by atoms with Crippen molar-refractivity contribution in [2.75, 3.05) is 0 Å². The van der Waals surface area contributed by atoms with E-state index >= 15 is 0 Å². The fourth-order valence-corrected chi connectivity index (χ4v) is 0.948. The minimum atomic E-state index is -4.54. The van der Waals surface area contributed by atoms with Crippen LogP contribution in [0.15, 0.2) is 29.4 Å². The molecule has 5 heteroatoms. The Balaban J connectivity index is 3.22. The molecule has 1 aromatic heterocycles. The van der Waals surface area contributed by atoms with E-state index in [1.807, 2.05) is 0 Å². The lowest BCUT2D eigenvalue weighted by Crippen LogP contribution is -1.90. The maximum Gasteiger partial charge on any atom is 0.332 e. The van der Waals surface area contributed by atoms with E-state index in [2.05, 4.69) is 4.98 Å². The molecule has 0 fully saturated rings. The molecular weight excluding hydrogens is 157 g/mol. The first-order chi connectivity index (χ1) is 4.61. The Bertz CT molecular complexity index is 308. The molecular formula is C5H4FNO2S. The van der Waals surface area contributed by atoms with E-state index in [0.717, 1.165) is 12.1 Å². The first-order valence-corrected chi connectivity index (χ1v) is 3.84. The van der Waals surface area contributed by atoms with Gasteiger partial charge >= 0.3 is 10.2 Å². The van der Waals surface area contributed by atoms with E-state index in [1.165, 1.54) is 12.4 Å². The van der Waals surface area contributed by atoms with E-state index in [1.54, 1.807) is 0 Å². The van der Waals surface area contributed by atoms with Crippen LogP contribution in [0.1, 0.15) is 0 Å². The average molecular weight is 161 g/mol. The maximum atomic E-state index is 12.1. The van der Waals surface area contributed by atoms with E-state index in [9.17, 15) is 12.3 Å². The molecule has 1 aromatic rings. The van der Waals surface area contributed by atoms with Crippen molar-refractivity contribution in [2.45, 2.75) is 4.90 Å². The normalized spacial score (nSPS) is 11.3. The van der Waals surface area contributed by atoms with E-state index in [-0.39, 0.29) is 4.90 Å². The molecule has 0 unspecified atom stereocenters. The summed E-state index contributed by atoms with van der Waals surface area (Å²) >= 11 is 0. The molecule has 0 radical (unpaired) electrons. The summed E-state index contributed by atoms with van der Waals surface area (Å²) in [5.41, 5.74) is 0. The summed E-state index contributed by atoms with van der Waals surface area (Å²) in [7, 11) is -4.54. The Morgan fingerprint density at radius 1 is 1.30 bits per heavy atom. The zero-order valence-electron chi connectivity index (χ0n) is 4.86. The second-order valence-corrected chi connectivity index (χ2v) is 2.97. The summed E-state index contributed by atoms with van der Waals surface area (Å²) < 4.78 is 32.3. The molecule has 0 bridgehead atoms. The number of halogens is 1. The van der Waals surface area contributed by atoms with Gasteiger partial charge in [-0.3, -0.25) is 4.98 Å². The van der Waals surface area contributed by atoms with Gasteiger partial charge in [-0.2, -0.15) is 8.42 Å². The number of aromatic nitrogens is 1. The molecule has 10 heavy (non-hydrogen) atoms. The Morgan fingerprint density at radius 2 is 1.80 bits per heavy atom. The highest BCUT2D eigenvalue weighted by atomic mass is 32.3. The van der Waals surface area contributed by atoms with Gasteiger partial charge in [-0.1, -0.05) is 0 Å². The molecule has 1 rings (SSSR count). The lowest BCUT2D eigenvalue weighted by molar-refractivity contribution is 0.552. The SMILES string of the molecule is O=S(=O)(F)c1ccncc1. The van der Waals surface area contributed by atoms with Gasteiger partial charge in [0.25, 0.3) is 0 Å². The first kappa shape index (κ1) is 7.14. The number of rotatable bonds is 1. The molecule has 3 nitrogen and oxygen atoms in total. The maximum absolute atomic E-state index is 12.1. The predicted molar refractivity (Wildman–Crippen MR) is 32.5 cm³/mol. The van der Waals surface area contributed by atoms with Crippen molar-refractivity contribution >= 4 is 10.2 Å². The second kappa shape index (κ2) is 2.34. The summed E-state index contributed by atoms with van der Waals surface area (Å²) in [6.45, 7) is 0. The molecule has 0 aliphatic carbocycles. The fourth-order valence-electron chi connectivity index (χ4n) is 0.501. The summed E-state index contributed by atoms with van der Waals surface area (Å²) in [5, 5.41) is 0. The van der Waals surface area contributed by atoms with Crippen LogP contribution in [-0.4, -0.2) is 13.4 Å². The Labute approximate surface area is 57.7 Å². The Hall–Kier alpha value is -0.970. The zero-order chi connectivity index (χ0) is 7.61. The third kappa shape index (κ3) is 1.51. The number of hydrogen-bond acceptors (Lipinski definition) is 3. The number of pyridine rings is 1. The van der Waals surface area contributed by atoms with Gasteiger partial charge in [0, 0.05) is 12.4 Å². The summed E-state index contributed by atoms with van der Waals surface area (Å²) in [6, 6.07) is 2.19. The molecule has 0 N–H and O–H groups in total. The summed E-state index contributed by atoms with van der Waals surface area (Å²) in [5.74, 6) is 0. The topological polar surface area (TPSA) is 47.0 Å². The standard InChI is InChI=1S/C5H4FNO2S/c6-10(8,9)5-1-3-7-4-2-5/h1-4H. The van der Waals surface area contributed by atoms with Crippen molar-refractivity contribution in [3.05, 3.63) is 24.5 Å². The van der Waals surface area contributed by atoms with Crippen LogP contribution >= 0.6 is 0 Å². The van der Waals surface area contributed by atoms with Crippen LogP contribution in [0.4, 0.5) is 3.89 Å². The van der Waals surface area contributed by atoms with Gasteiger partial charge in [-0.25, -0.2) is 0 Å². The highest BCUT2D eigenvalue weighted by Gasteiger charge is 2.09. The molecule has 1 heterocycles. The molecule has 0 aliphatic rings. The monoisotopic (exact) mass is 161 g/mol. The minimum Gasteiger partial charge on any atom is -0.265 e. The minimum absolute atomic E-state index is 0.359. The van der Waals surface area contributed by atoms with Gasteiger partial charge in [0.2, 0.25) is 0 Å². The molecule has 0 spiro atoms. The molecule has 0 saturated carbocycles. The third-order valence-corrected chi connectivity index (χ3v) is 1.77. The predicted octanol–water partition coefficient (Wildman–Crippen LogP) is 0.740. The largest absolute Gasteiger partial charge is 0.332 e. The molecule has 54 valence electrons. The van der Waals surface area contributed by atoms with E-state index < -0.39 is 10.2 Å². The zero-order valence-corrected chi connectivity index (χ0v) is 5.68. The van der Waals surface area contributed by atoms with Crippen LogP contribution in [0.25, 0.3) is 0 Å². The van der Waals surface area contributed by atoms with Crippen LogP contribution in [0.2, 0.25) is 0 Å². The van der Waals surface area contributed by atoms with Crippen molar-refractivity contribution in [3.63, 3.8) is 0 Å².